The Balaban J connectivity index is 2.20. The van der Waals surface area contributed by atoms with Crippen molar-refractivity contribution >= 4 is 39.1 Å². The van der Waals surface area contributed by atoms with Crippen LogP contribution in [-0.2, 0) is 4.79 Å². The number of anilines is 2. The molecule has 0 bridgehead atoms. The number of halogens is 2. The molecule has 0 fully saturated rings. The van der Waals surface area contributed by atoms with Crippen LogP contribution in [0.2, 0.25) is 0 Å². The van der Waals surface area contributed by atoms with Crippen LogP contribution < -0.4 is 10.6 Å². The predicted molar refractivity (Wildman–Crippen MR) is 75.1 cm³/mol. The summed E-state index contributed by atoms with van der Waals surface area (Å²) in [7, 11) is 0. The Morgan fingerprint density at radius 3 is 2.60 bits per heavy atom. The van der Waals surface area contributed by atoms with Crippen molar-refractivity contribution < 1.29 is 18.4 Å². The van der Waals surface area contributed by atoms with Crippen LogP contribution in [0.3, 0.4) is 0 Å². The average molecular weight is 341 g/mol. The third kappa shape index (κ3) is 3.24. The molecule has 0 saturated heterocycles. The Kier molecular flexibility index (Phi) is 4.19. The molecule has 104 valence electrons. The largest absolute Gasteiger partial charge is 0.457 e. The van der Waals surface area contributed by atoms with Gasteiger partial charge < -0.3 is 15.1 Å². The highest BCUT2D eigenvalue weighted by molar-refractivity contribution is 9.10. The van der Waals surface area contributed by atoms with E-state index in [0.29, 0.717) is 15.9 Å². The van der Waals surface area contributed by atoms with Gasteiger partial charge in [0.25, 0.3) is 5.91 Å². The van der Waals surface area contributed by atoms with E-state index in [4.69, 9.17) is 4.42 Å². The Hall–Kier alpha value is -2.15. The van der Waals surface area contributed by atoms with E-state index in [1.807, 2.05) is 0 Å². The van der Waals surface area contributed by atoms with Crippen LogP contribution in [0, 0.1) is 5.82 Å². The van der Waals surface area contributed by atoms with Crippen LogP contribution in [0.4, 0.5) is 15.8 Å². The summed E-state index contributed by atoms with van der Waals surface area (Å²) in [5.41, 5.74) is 0.671. The quantitative estimate of drug-likeness (QED) is 0.899. The summed E-state index contributed by atoms with van der Waals surface area (Å²) in [4.78, 5) is 22.9. The summed E-state index contributed by atoms with van der Waals surface area (Å²) in [6.07, 6.45) is 1.37. The van der Waals surface area contributed by atoms with E-state index in [-0.39, 0.29) is 5.69 Å². The minimum atomic E-state index is -0.581. The van der Waals surface area contributed by atoms with Crippen LogP contribution in [0.5, 0.6) is 0 Å². The lowest BCUT2D eigenvalue weighted by Gasteiger charge is -2.08. The molecular weight excluding hydrogens is 331 g/mol. The minimum Gasteiger partial charge on any atom is -0.457 e. The van der Waals surface area contributed by atoms with E-state index in [0.717, 1.165) is 6.07 Å². The minimum absolute atomic E-state index is 0.00144. The summed E-state index contributed by atoms with van der Waals surface area (Å²) < 4.78 is 18.7. The van der Waals surface area contributed by atoms with Gasteiger partial charge in [0.1, 0.15) is 5.82 Å². The van der Waals surface area contributed by atoms with Gasteiger partial charge in [-0.05, 0) is 40.2 Å². The normalized spacial score (nSPS) is 10.2. The summed E-state index contributed by atoms with van der Waals surface area (Å²) in [5, 5.41) is 4.92. The second-order valence-corrected chi connectivity index (χ2v) is 4.66. The Labute approximate surface area is 122 Å². The number of rotatable bonds is 3. The fraction of sp³-hybridized carbons (Fsp3) is 0.0769. The summed E-state index contributed by atoms with van der Waals surface area (Å²) in [6.45, 7) is 1.27. The molecule has 0 unspecified atom stereocenters. The second kappa shape index (κ2) is 5.87. The first-order chi connectivity index (χ1) is 9.47. The molecule has 1 aromatic carbocycles. The van der Waals surface area contributed by atoms with Gasteiger partial charge in [-0.3, -0.25) is 9.59 Å². The zero-order valence-corrected chi connectivity index (χ0v) is 12.0. The van der Waals surface area contributed by atoms with Crippen molar-refractivity contribution in [3.05, 3.63) is 46.6 Å². The predicted octanol–water partition coefficient (Wildman–Crippen LogP) is 3.39. The molecule has 0 atom stereocenters. The van der Waals surface area contributed by atoms with Crippen molar-refractivity contribution in [2.45, 2.75) is 6.92 Å². The molecule has 1 aromatic heterocycles. The van der Waals surface area contributed by atoms with Gasteiger partial charge in [0.05, 0.1) is 17.5 Å². The smallest absolute Gasteiger partial charge is 0.260 e. The molecule has 20 heavy (non-hydrogen) atoms. The topological polar surface area (TPSA) is 71.3 Å². The maximum Gasteiger partial charge on any atom is 0.260 e. The fourth-order valence-corrected chi connectivity index (χ4v) is 1.96. The first-order valence-electron chi connectivity index (χ1n) is 5.59. The fourth-order valence-electron chi connectivity index (χ4n) is 1.54. The lowest BCUT2D eigenvalue weighted by Crippen LogP contribution is -2.13. The first kappa shape index (κ1) is 14.3. The number of carbonyl (C=O) groups excluding carboxylic acids is 2. The summed E-state index contributed by atoms with van der Waals surface area (Å²) >= 11 is 3.09. The maximum atomic E-state index is 13.5. The van der Waals surface area contributed by atoms with Crippen molar-refractivity contribution in [2.75, 3.05) is 10.6 Å². The van der Waals surface area contributed by atoms with Crippen molar-refractivity contribution in [2.24, 2.45) is 0 Å². The molecule has 1 heterocycles. The van der Waals surface area contributed by atoms with E-state index in [1.165, 1.54) is 31.4 Å². The van der Waals surface area contributed by atoms with E-state index >= 15 is 0 Å². The van der Waals surface area contributed by atoms with Crippen LogP contribution in [-0.4, -0.2) is 11.8 Å². The number of furan rings is 1. The first-order valence-corrected chi connectivity index (χ1v) is 6.38. The van der Waals surface area contributed by atoms with Crippen LogP contribution >= 0.6 is 15.9 Å². The van der Waals surface area contributed by atoms with E-state index in [9.17, 15) is 14.0 Å². The molecular formula is C13H10BrFN2O3. The van der Waals surface area contributed by atoms with Crippen LogP contribution in [0.25, 0.3) is 0 Å². The Bertz CT molecular complexity index is 669. The monoisotopic (exact) mass is 340 g/mol. The lowest BCUT2D eigenvalue weighted by molar-refractivity contribution is -0.114. The van der Waals surface area contributed by atoms with Gasteiger partial charge in [-0.15, -0.1) is 0 Å². The molecule has 2 amide bonds. The molecule has 0 saturated carbocycles. The summed E-state index contributed by atoms with van der Waals surface area (Å²) in [5.74, 6) is -1.39. The molecule has 0 aliphatic heterocycles. The van der Waals surface area contributed by atoms with Gasteiger partial charge in [0.2, 0.25) is 5.91 Å². The molecule has 0 aliphatic carbocycles. The highest BCUT2D eigenvalue weighted by Gasteiger charge is 2.13. The molecule has 2 rings (SSSR count). The number of benzene rings is 1. The van der Waals surface area contributed by atoms with E-state index < -0.39 is 17.6 Å². The molecule has 0 aliphatic rings. The zero-order chi connectivity index (χ0) is 14.7. The Morgan fingerprint density at radius 1 is 1.25 bits per heavy atom. The lowest BCUT2D eigenvalue weighted by atomic mass is 10.2. The van der Waals surface area contributed by atoms with E-state index in [2.05, 4.69) is 26.6 Å². The molecule has 0 radical (unpaired) electrons. The molecule has 2 aromatic rings. The van der Waals surface area contributed by atoms with Gasteiger partial charge >= 0.3 is 0 Å². The maximum absolute atomic E-state index is 13.5. The molecule has 5 nitrogen and oxygen atoms in total. The van der Waals surface area contributed by atoms with Gasteiger partial charge in [0, 0.05) is 12.6 Å². The average Bonchev–Trinajstić information content (AvgIpc) is 2.79. The van der Waals surface area contributed by atoms with Crippen molar-refractivity contribution in [1.29, 1.82) is 0 Å². The number of amides is 2. The summed E-state index contributed by atoms with van der Waals surface area (Å²) in [6, 6.07) is 5.39. The molecule has 2 N–H and O–H groups in total. The number of nitrogens with one attached hydrogen (secondary N) is 2. The van der Waals surface area contributed by atoms with Gasteiger partial charge in [-0.1, -0.05) is 0 Å². The molecule has 7 heteroatoms. The zero-order valence-electron chi connectivity index (χ0n) is 10.4. The highest BCUT2D eigenvalue weighted by atomic mass is 79.9. The molecule has 0 spiro atoms. The van der Waals surface area contributed by atoms with Crippen molar-refractivity contribution in [3.63, 3.8) is 0 Å². The highest BCUT2D eigenvalue weighted by Crippen LogP contribution is 2.22. The third-order valence-electron chi connectivity index (χ3n) is 2.40. The van der Waals surface area contributed by atoms with Gasteiger partial charge in [0.15, 0.2) is 4.67 Å². The second-order valence-electron chi connectivity index (χ2n) is 3.94. The Morgan fingerprint density at radius 2 is 2.00 bits per heavy atom. The van der Waals surface area contributed by atoms with Gasteiger partial charge in [-0.2, -0.15) is 0 Å². The van der Waals surface area contributed by atoms with Crippen molar-refractivity contribution in [3.8, 4) is 0 Å². The van der Waals surface area contributed by atoms with Crippen LogP contribution in [0.1, 0.15) is 17.3 Å². The SMILES string of the molecule is CC(=O)Nc1cc(NC(=O)c2ccoc2Br)ccc1F. The van der Waals surface area contributed by atoms with Gasteiger partial charge in [-0.25, -0.2) is 4.39 Å². The van der Waals surface area contributed by atoms with Crippen LogP contribution in [0.15, 0.2) is 39.6 Å². The number of hydrogen-bond acceptors (Lipinski definition) is 3. The van der Waals surface area contributed by atoms with E-state index in [1.54, 1.807) is 0 Å². The number of hydrogen-bond donors (Lipinski definition) is 2. The number of carbonyl (C=O) groups is 2. The van der Waals surface area contributed by atoms with Crippen molar-refractivity contribution in [1.82, 2.24) is 0 Å². The standard InChI is InChI=1S/C13H10BrFN2O3/c1-7(18)16-11-6-8(2-3-10(11)15)17-13(19)9-4-5-20-12(9)14/h2-6H,1H3,(H,16,18)(H,17,19). The third-order valence-corrected chi connectivity index (χ3v) is 3.01.